The van der Waals surface area contributed by atoms with Crippen molar-refractivity contribution in [2.75, 3.05) is 24.1 Å². The SMILES string of the molecule is CC(C)(C)CNCC(CC(=O)OC(C)(C)C)Nc1ccc(N)c(Cl)c1. The monoisotopic (exact) mass is 369 g/mol. The normalized spacial score (nSPS) is 13.4. The Balaban J connectivity index is 2.75. The summed E-state index contributed by atoms with van der Waals surface area (Å²) in [5, 5.41) is 7.25. The smallest absolute Gasteiger partial charge is 0.308 e. The van der Waals surface area contributed by atoms with Crippen LogP contribution in [-0.2, 0) is 9.53 Å². The first-order chi connectivity index (χ1) is 11.4. The van der Waals surface area contributed by atoms with Gasteiger partial charge >= 0.3 is 5.97 Å². The second kappa shape index (κ2) is 8.77. The number of nitrogens with one attached hydrogen (secondary N) is 2. The summed E-state index contributed by atoms with van der Waals surface area (Å²) in [7, 11) is 0. The summed E-state index contributed by atoms with van der Waals surface area (Å²) in [4.78, 5) is 12.2. The molecule has 0 heterocycles. The Hall–Kier alpha value is -1.46. The Morgan fingerprint density at radius 3 is 2.40 bits per heavy atom. The van der Waals surface area contributed by atoms with Crippen molar-refractivity contribution in [1.29, 1.82) is 0 Å². The van der Waals surface area contributed by atoms with Gasteiger partial charge in [0.15, 0.2) is 0 Å². The summed E-state index contributed by atoms with van der Waals surface area (Å²) in [6.45, 7) is 13.6. The van der Waals surface area contributed by atoms with Crippen LogP contribution in [0.5, 0.6) is 0 Å². The number of nitrogen functional groups attached to an aromatic ring is 1. The van der Waals surface area contributed by atoms with Gasteiger partial charge in [-0.05, 0) is 44.4 Å². The van der Waals surface area contributed by atoms with Crippen molar-refractivity contribution in [1.82, 2.24) is 5.32 Å². The first kappa shape index (κ1) is 21.6. The highest BCUT2D eigenvalue weighted by atomic mass is 35.5. The maximum atomic E-state index is 12.2. The van der Waals surface area contributed by atoms with Crippen LogP contribution < -0.4 is 16.4 Å². The second-order valence-corrected chi connectivity index (χ2v) is 8.97. The third-order valence-electron chi connectivity index (χ3n) is 3.25. The van der Waals surface area contributed by atoms with E-state index in [-0.39, 0.29) is 23.8 Å². The number of carbonyl (C=O) groups is 1. The molecule has 0 aliphatic carbocycles. The van der Waals surface area contributed by atoms with Crippen LogP contribution in [0.3, 0.4) is 0 Å². The minimum atomic E-state index is -0.495. The molecule has 0 aromatic heterocycles. The molecule has 0 saturated heterocycles. The van der Waals surface area contributed by atoms with Gasteiger partial charge in [-0.1, -0.05) is 32.4 Å². The van der Waals surface area contributed by atoms with E-state index >= 15 is 0 Å². The molecule has 0 aliphatic heterocycles. The molecule has 0 spiro atoms. The van der Waals surface area contributed by atoms with E-state index in [2.05, 4.69) is 31.4 Å². The molecule has 1 aromatic carbocycles. The van der Waals surface area contributed by atoms with Gasteiger partial charge in [-0.25, -0.2) is 0 Å². The van der Waals surface area contributed by atoms with E-state index in [9.17, 15) is 4.79 Å². The standard InChI is InChI=1S/C19H32ClN3O2/c1-18(2,3)12-22-11-14(10-17(24)25-19(4,5)6)23-13-7-8-16(21)15(20)9-13/h7-9,14,22-23H,10-12,21H2,1-6H3. The highest BCUT2D eigenvalue weighted by Gasteiger charge is 2.21. The van der Waals surface area contributed by atoms with Crippen molar-refractivity contribution in [3.63, 3.8) is 0 Å². The zero-order chi connectivity index (χ0) is 19.3. The maximum Gasteiger partial charge on any atom is 0.308 e. The lowest BCUT2D eigenvalue weighted by atomic mass is 9.97. The van der Waals surface area contributed by atoms with Gasteiger partial charge in [0, 0.05) is 24.8 Å². The predicted molar refractivity (Wildman–Crippen MR) is 106 cm³/mol. The van der Waals surface area contributed by atoms with E-state index in [0.717, 1.165) is 12.2 Å². The first-order valence-corrected chi connectivity index (χ1v) is 8.98. The first-order valence-electron chi connectivity index (χ1n) is 8.60. The Morgan fingerprint density at radius 1 is 1.24 bits per heavy atom. The third kappa shape index (κ3) is 9.56. The van der Waals surface area contributed by atoms with Crippen LogP contribution in [0, 0.1) is 5.41 Å². The lowest BCUT2D eigenvalue weighted by Gasteiger charge is -2.25. The molecule has 0 saturated carbocycles. The number of halogens is 1. The molecular formula is C19H32ClN3O2. The number of benzene rings is 1. The van der Waals surface area contributed by atoms with Crippen LogP contribution in [0.1, 0.15) is 48.0 Å². The number of hydrogen-bond donors (Lipinski definition) is 3. The lowest BCUT2D eigenvalue weighted by Crippen LogP contribution is -2.39. The molecule has 1 atom stereocenters. The lowest BCUT2D eigenvalue weighted by molar-refractivity contribution is -0.155. The maximum absolute atomic E-state index is 12.2. The molecule has 0 bridgehead atoms. The quantitative estimate of drug-likeness (QED) is 0.499. The van der Waals surface area contributed by atoms with Gasteiger partial charge in [0.05, 0.1) is 17.1 Å². The zero-order valence-electron chi connectivity index (χ0n) is 16.2. The van der Waals surface area contributed by atoms with Gasteiger partial charge in [-0.2, -0.15) is 0 Å². The summed E-state index contributed by atoms with van der Waals surface area (Å²) >= 11 is 6.08. The molecule has 0 radical (unpaired) electrons. The van der Waals surface area contributed by atoms with E-state index in [1.54, 1.807) is 12.1 Å². The van der Waals surface area contributed by atoms with Crippen molar-refractivity contribution < 1.29 is 9.53 Å². The predicted octanol–water partition coefficient (Wildman–Crippen LogP) is 4.07. The van der Waals surface area contributed by atoms with E-state index in [1.807, 2.05) is 26.8 Å². The molecule has 0 aliphatic rings. The van der Waals surface area contributed by atoms with Gasteiger partial charge in [-0.3, -0.25) is 4.79 Å². The van der Waals surface area contributed by atoms with Crippen molar-refractivity contribution in [2.24, 2.45) is 5.41 Å². The molecule has 142 valence electrons. The van der Waals surface area contributed by atoms with Crippen LogP contribution in [0.2, 0.25) is 5.02 Å². The van der Waals surface area contributed by atoms with Crippen molar-refractivity contribution in [3.8, 4) is 0 Å². The number of hydrogen-bond acceptors (Lipinski definition) is 5. The fourth-order valence-corrected chi connectivity index (χ4v) is 2.41. The van der Waals surface area contributed by atoms with Crippen LogP contribution in [0.25, 0.3) is 0 Å². The summed E-state index contributed by atoms with van der Waals surface area (Å²) < 4.78 is 5.44. The number of ether oxygens (including phenoxy) is 1. The van der Waals surface area contributed by atoms with Gasteiger partial charge in [0.2, 0.25) is 0 Å². The molecule has 0 fully saturated rings. The van der Waals surface area contributed by atoms with E-state index in [0.29, 0.717) is 17.3 Å². The van der Waals surface area contributed by atoms with Gasteiger partial charge in [-0.15, -0.1) is 0 Å². The van der Waals surface area contributed by atoms with Crippen molar-refractivity contribution in [2.45, 2.75) is 59.6 Å². The molecular weight excluding hydrogens is 338 g/mol. The number of nitrogens with two attached hydrogens (primary N) is 1. The Bertz CT molecular complexity index is 577. The molecule has 0 amide bonds. The molecule has 1 rings (SSSR count). The largest absolute Gasteiger partial charge is 0.460 e. The summed E-state index contributed by atoms with van der Waals surface area (Å²) in [5.74, 6) is -0.232. The van der Waals surface area contributed by atoms with Crippen LogP contribution >= 0.6 is 11.6 Å². The van der Waals surface area contributed by atoms with Crippen LogP contribution in [0.4, 0.5) is 11.4 Å². The number of anilines is 2. The number of esters is 1. The average Bonchev–Trinajstić information content (AvgIpc) is 2.39. The minimum absolute atomic E-state index is 0.114. The fraction of sp³-hybridized carbons (Fsp3) is 0.632. The summed E-state index contributed by atoms with van der Waals surface area (Å²) in [6.07, 6.45) is 0.260. The van der Waals surface area contributed by atoms with Gasteiger partial charge < -0.3 is 21.1 Å². The molecule has 25 heavy (non-hydrogen) atoms. The van der Waals surface area contributed by atoms with Gasteiger partial charge in [0.25, 0.3) is 0 Å². The Labute approximate surface area is 156 Å². The molecule has 1 unspecified atom stereocenters. The highest BCUT2D eigenvalue weighted by molar-refractivity contribution is 6.33. The van der Waals surface area contributed by atoms with Crippen LogP contribution in [-0.4, -0.2) is 30.7 Å². The molecule has 6 heteroatoms. The van der Waals surface area contributed by atoms with Crippen molar-refractivity contribution >= 4 is 28.9 Å². The third-order valence-corrected chi connectivity index (χ3v) is 3.58. The Morgan fingerprint density at radius 2 is 1.88 bits per heavy atom. The molecule has 1 aromatic rings. The van der Waals surface area contributed by atoms with E-state index in [1.165, 1.54) is 0 Å². The second-order valence-electron chi connectivity index (χ2n) is 8.56. The van der Waals surface area contributed by atoms with Crippen LogP contribution in [0.15, 0.2) is 18.2 Å². The van der Waals surface area contributed by atoms with Crippen molar-refractivity contribution in [3.05, 3.63) is 23.2 Å². The van der Waals surface area contributed by atoms with Gasteiger partial charge in [0.1, 0.15) is 5.60 Å². The fourth-order valence-electron chi connectivity index (χ4n) is 2.23. The zero-order valence-corrected chi connectivity index (χ0v) is 17.0. The molecule has 4 N–H and O–H groups in total. The van der Waals surface area contributed by atoms with E-state index in [4.69, 9.17) is 22.1 Å². The number of rotatable bonds is 7. The highest BCUT2D eigenvalue weighted by Crippen LogP contribution is 2.23. The molecule has 5 nitrogen and oxygen atoms in total. The average molecular weight is 370 g/mol. The number of carbonyl (C=O) groups excluding carboxylic acids is 1. The summed E-state index contributed by atoms with van der Waals surface area (Å²) in [5.41, 5.74) is 6.78. The topological polar surface area (TPSA) is 76.4 Å². The summed E-state index contributed by atoms with van der Waals surface area (Å²) in [6, 6.07) is 5.25. The minimum Gasteiger partial charge on any atom is -0.460 e. The Kier molecular flexibility index (Phi) is 7.57. The van der Waals surface area contributed by atoms with E-state index < -0.39 is 5.60 Å².